The van der Waals surface area contributed by atoms with Crippen LogP contribution >= 0.6 is 0 Å². The molecule has 2 aromatic rings. The molecule has 0 aliphatic carbocycles. The van der Waals surface area contributed by atoms with Crippen LogP contribution in [0.2, 0.25) is 0 Å². The summed E-state index contributed by atoms with van der Waals surface area (Å²) in [5.41, 5.74) is 3.14. The van der Waals surface area contributed by atoms with Crippen molar-refractivity contribution in [3.05, 3.63) is 53.6 Å². The summed E-state index contributed by atoms with van der Waals surface area (Å²) in [5, 5.41) is 5.44. The maximum Gasteiger partial charge on any atom is 0.411 e. The second kappa shape index (κ2) is 9.46. The van der Waals surface area contributed by atoms with Crippen LogP contribution in [0.5, 0.6) is 5.75 Å². The molecule has 2 rings (SSSR count). The van der Waals surface area contributed by atoms with Crippen molar-refractivity contribution in [3.8, 4) is 5.75 Å². The first-order chi connectivity index (χ1) is 12.5. The number of rotatable bonds is 7. The van der Waals surface area contributed by atoms with Gasteiger partial charge in [-0.3, -0.25) is 10.1 Å². The molecule has 0 atom stereocenters. The fraction of sp³-hybridized carbons (Fsp3) is 0.300. The molecule has 2 aromatic carbocycles. The number of nitrogens with one attached hydrogen (secondary N) is 2. The Balaban J connectivity index is 1.94. The summed E-state index contributed by atoms with van der Waals surface area (Å²) in [6.45, 7) is 5.81. The van der Waals surface area contributed by atoms with Crippen LogP contribution in [-0.2, 0) is 16.0 Å². The van der Waals surface area contributed by atoms with E-state index < -0.39 is 6.09 Å². The Bertz CT molecular complexity index is 757. The molecule has 2 N–H and O–H groups in total. The van der Waals surface area contributed by atoms with Gasteiger partial charge in [-0.05, 0) is 55.7 Å². The molecule has 0 radical (unpaired) electrons. The number of carbonyl (C=O) groups is 2. The smallest absolute Gasteiger partial charge is 0.411 e. The predicted octanol–water partition coefficient (Wildman–Crippen LogP) is 4.14. The zero-order valence-corrected chi connectivity index (χ0v) is 15.3. The molecule has 6 heteroatoms. The number of hydrogen-bond acceptors (Lipinski definition) is 4. The van der Waals surface area contributed by atoms with Crippen molar-refractivity contribution in [2.75, 3.05) is 23.8 Å². The number of amides is 2. The summed E-state index contributed by atoms with van der Waals surface area (Å²) in [4.78, 5) is 23.7. The van der Waals surface area contributed by atoms with Crippen molar-refractivity contribution in [3.63, 3.8) is 0 Å². The SMILES string of the molecule is CCOC(=O)Nc1cccc(NC(=O)COc2ccc(CC)cc2)c1C. The van der Waals surface area contributed by atoms with Gasteiger partial charge in [0.2, 0.25) is 0 Å². The predicted molar refractivity (Wildman–Crippen MR) is 102 cm³/mol. The molecule has 0 spiro atoms. The topological polar surface area (TPSA) is 76.7 Å². The maximum atomic E-state index is 12.1. The minimum atomic E-state index is -0.530. The minimum Gasteiger partial charge on any atom is -0.484 e. The van der Waals surface area contributed by atoms with Crippen molar-refractivity contribution in [2.45, 2.75) is 27.2 Å². The first-order valence-corrected chi connectivity index (χ1v) is 8.58. The van der Waals surface area contributed by atoms with E-state index in [4.69, 9.17) is 9.47 Å². The molecule has 0 heterocycles. The Morgan fingerprint density at radius 1 is 0.962 bits per heavy atom. The monoisotopic (exact) mass is 356 g/mol. The van der Waals surface area contributed by atoms with Gasteiger partial charge in [-0.2, -0.15) is 0 Å². The van der Waals surface area contributed by atoms with Gasteiger partial charge in [0.15, 0.2) is 6.61 Å². The highest BCUT2D eigenvalue weighted by atomic mass is 16.5. The second-order valence-corrected chi connectivity index (χ2v) is 5.66. The molecule has 0 fully saturated rings. The highest BCUT2D eigenvalue weighted by molar-refractivity contribution is 5.95. The van der Waals surface area contributed by atoms with Crippen molar-refractivity contribution < 1.29 is 19.1 Å². The number of ether oxygens (including phenoxy) is 2. The molecular weight excluding hydrogens is 332 g/mol. The highest BCUT2D eigenvalue weighted by Gasteiger charge is 2.11. The lowest BCUT2D eigenvalue weighted by Crippen LogP contribution is -2.21. The fourth-order valence-corrected chi connectivity index (χ4v) is 2.34. The summed E-state index contributed by atoms with van der Waals surface area (Å²) in [7, 11) is 0. The van der Waals surface area contributed by atoms with Crippen molar-refractivity contribution in [1.82, 2.24) is 0 Å². The molecule has 0 saturated carbocycles. The largest absolute Gasteiger partial charge is 0.484 e. The van der Waals surface area contributed by atoms with E-state index in [9.17, 15) is 9.59 Å². The van der Waals surface area contributed by atoms with Gasteiger partial charge in [-0.1, -0.05) is 25.1 Å². The molecule has 2 amide bonds. The lowest BCUT2D eigenvalue weighted by Gasteiger charge is -2.13. The van der Waals surface area contributed by atoms with Crippen LogP contribution in [0.25, 0.3) is 0 Å². The van der Waals surface area contributed by atoms with Gasteiger partial charge in [0, 0.05) is 11.4 Å². The Morgan fingerprint density at radius 3 is 2.23 bits per heavy atom. The van der Waals surface area contributed by atoms with Gasteiger partial charge in [0.05, 0.1) is 6.61 Å². The standard InChI is InChI=1S/C20H24N2O4/c1-4-15-9-11-16(12-10-15)26-13-19(23)21-17-7-6-8-18(14(17)3)22-20(24)25-5-2/h6-12H,4-5,13H2,1-3H3,(H,21,23)(H,22,24). The molecule has 138 valence electrons. The van der Waals surface area contributed by atoms with E-state index in [-0.39, 0.29) is 19.1 Å². The summed E-state index contributed by atoms with van der Waals surface area (Å²) < 4.78 is 10.4. The molecule has 0 aliphatic heterocycles. The summed E-state index contributed by atoms with van der Waals surface area (Å²) >= 11 is 0. The lowest BCUT2D eigenvalue weighted by atomic mass is 10.1. The quantitative estimate of drug-likeness (QED) is 0.781. The molecule has 6 nitrogen and oxygen atoms in total. The van der Waals surface area contributed by atoms with E-state index in [1.807, 2.05) is 31.2 Å². The highest BCUT2D eigenvalue weighted by Crippen LogP contribution is 2.23. The molecule has 0 bridgehead atoms. The summed E-state index contributed by atoms with van der Waals surface area (Å²) in [6, 6.07) is 12.9. The Kier molecular flexibility index (Phi) is 7.02. The number of anilines is 2. The number of carbonyl (C=O) groups excluding carboxylic acids is 2. The first-order valence-electron chi connectivity index (χ1n) is 8.58. The third-order valence-corrected chi connectivity index (χ3v) is 3.82. The lowest BCUT2D eigenvalue weighted by molar-refractivity contribution is -0.118. The Morgan fingerprint density at radius 2 is 1.62 bits per heavy atom. The normalized spacial score (nSPS) is 10.1. The summed E-state index contributed by atoms with van der Waals surface area (Å²) in [5.74, 6) is 0.368. The van der Waals surface area contributed by atoms with Gasteiger partial charge < -0.3 is 14.8 Å². The molecular formula is C20H24N2O4. The van der Waals surface area contributed by atoms with Crippen LogP contribution in [0.1, 0.15) is 25.0 Å². The van der Waals surface area contributed by atoms with Gasteiger partial charge in [0.1, 0.15) is 5.75 Å². The van der Waals surface area contributed by atoms with E-state index in [0.29, 0.717) is 17.1 Å². The van der Waals surface area contributed by atoms with E-state index in [1.165, 1.54) is 5.56 Å². The second-order valence-electron chi connectivity index (χ2n) is 5.66. The van der Waals surface area contributed by atoms with Gasteiger partial charge >= 0.3 is 6.09 Å². The van der Waals surface area contributed by atoms with Crippen molar-refractivity contribution in [1.29, 1.82) is 0 Å². The summed E-state index contributed by atoms with van der Waals surface area (Å²) in [6.07, 6.45) is 0.425. The van der Waals surface area contributed by atoms with Crippen molar-refractivity contribution >= 4 is 23.4 Å². The molecule has 0 saturated heterocycles. The van der Waals surface area contributed by atoms with E-state index in [2.05, 4.69) is 17.6 Å². The molecule has 0 aromatic heterocycles. The van der Waals surface area contributed by atoms with Crippen LogP contribution < -0.4 is 15.4 Å². The van der Waals surface area contributed by atoms with Gasteiger partial charge in [0.25, 0.3) is 5.91 Å². The third kappa shape index (κ3) is 5.51. The Labute approximate surface area is 153 Å². The average Bonchev–Trinajstić information content (AvgIpc) is 2.64. The van der Waals surface area contributed by atoms with Crippen LogP contribution in [0.4, 0.5) is 16.2 Å². The van der Waals surface area contributed by atoms with Crippen molar-refractivity contribution in [2.24, 2.45) is 0 Å². The molecule has 26 heavy (non-hydrogen) atoms. The number of aryl methyl sites for hydroxylation is 1. The maximum absolute atomic E-state index is 12.1. The van der Waals surface area contributed by atoms with Gasteiger partial charge in [-0.15, -0.1) is 0 Å². The number of hydrogen-bond donors (Lipinski definition) is 2. The third-order valence-electron chi connectivity index (χ3n) is 3.82. The zero-order valence-electron chi connectivity index (χ0n) is 15.3. The van der Waals surface area contributed by atoms with Crippen LogP contribution in [0.3, 0.4) is 0 Å². The first kappa shape index (κ1) is 19.3. The molecule has 0 unspecified atom stereocenters. The van der Waals surface area contributed by atoms with Crippen LogP contribution in [-0.4, -0.2) is 25.2 Å². The zero-order chi connectivity index (χ0) is 18.9. The van der Waals surface area contributed by atoms with E-state index >= 15 is 0 Å². The number of benzene rings is 2. The fourth-order valence-electron chi connectivity index (χ4n) is 2.34. The van der Waals surface area contributed by atoms with Crippen LogP contribution in [0.15, 0.2) is 42.5 Å². The average molecular weight is 356 g/mol. The minimum absolute atomic E-state index is 0.0968. The van der Waals surface area contributed by atoms with E-state index in [1.54, 1.807) is 25.1 Å². The molecule has 0 aliphatic rings. The van der Waals surface area contributed by atoms with E-state index in [0.717, 1.165) is 12.0 Å². The van der Waals surface area contributed by atoms with Crippen LogP contribution in [0, 0.1) is 6.92 Å². The van der Waals surface area contributed by atoms with Gasteiger partial charge in [-0.25, -0.2) is 4.79 Å². The Hall–Kier alpha value is -3.02.